The van der Waals surface area contributed by atoms with Gasteiger partial charge in [-0.25, -0.2) is 0 Å². The molecule has 9 nitrogen and oxygen atoms in total. The third-order valence-corrected chi connectivity index (χ3v) is 4.08. The highest BCUT2D eigenvalue weighted by Crippen LogP contribution is 2.38. The lowest BCUT2D eigenvalue weighted by Crippen LogP contribution is -2.19. The summed E-state index contributed by atoms with van der Waals surface area (Å²) in [4.78, 5) is 23.5. The van der Waals surface area contributed by atoms with Crippen LogP contribution in [0.3, 0.4) is 0 Å². The number of benzene rings is 2. The Morgan fingerprint density at radius 3 is 2.26 bits per heavy atom. The SMILES string of the molecule is COc1cc(C)c(NC(=O)c2cc3c(cc2[N+](=O)[O-])OCCO3)cc1OC. The molecule has 1 aliphatic rings. The van der Waals surface area contributed by atoms with Crippen LogP contribution in [0.4, 0.5) is 11.4 Å². The quantitative estimate of drug-likeness (QED) is 0.633. The third-order valence-electron chi connectivity index (χ3n) is 4.08. The van der Waals surface area contributed by atoms with Crippen LogP contribution in [-0.4, -0.2) is 38.3 Å². The summed E-state index contributed by atoms with van der Waals surface area (Å²) in [5, 5.41) is 14.1. The van der Waals surface area contributed by atoms with Crippen LogP contribution in [0, 0.1) is 17.0 Å². The predicted molar refractivity (Wildman–Crippen MR) is 96.3 cm³/mol. The molecule has 0 atom stereocenters. The van der Waals surface area contributed by atoms with Gasteiger partial charge >= 0.3 is 0 Å². The molecule has 0 saturated heterocycles. The number of nitro benzene ring substituents is 1. The summed E-state index contributed by atoms with van der Waals surface area (Å²) >= 11 is 0. The lowest BCUT2D eigenvalue weighted by molar-refractivity contribution is -0.385. The maximum absolute atomic E-state index is 12.7. The number of hydrogen-bond acceptors (Lipinski definition) is 7. The Labute approximate surface area is 154 Å². The maximum Gasteiger partial charge on any atom is 0.286 e. The number of rotatable bonds is 5. The first-order chi connectivity index (χ1) is 12.9. The van der Waals surface area contributed by atoms with Gasteiger partial charge in [0.25, 0.3) is 11.6 Å². The molecular formula is C18H18N2O7. The highest BCUT2D eigenvalue weighted by molar-refractivity contribution is 6.08. The van der Waals surface area contributed by atoms with Crippen molar-refractivity contribution in [2.45, 2.75) is 6.92 Å². The van der Waals surface area contributed by atoms with Gasteiger partial charge < -0.3 is 24.3 Å². The van der Waals surface area contributed by atoms with E-state index in [1.165, 1.54) is 26.4 Å². The van der Waals surface area contributed by atoms with E-state index < -0.39 is 10.8 Å². The number of anilines is 1. The minimum Gasteiger partial charge on any atom is -0.493 e. The zero-order chi connectivity index (χ0) is 19.6. The molecule has 0 spiro atoms. The molecule has 1 N–H and O–H groups in total. The lowest BCUT2D eigenvalue weighted by Gasteiger charge is -2.19. The number of nitrogens with zero attached hydrogens (tertiary/aromatic N) is 1. The first kappa shape index (κ1) is 18.3. The largest absolute Gasteiger partial charge is 0.493 e. The molecule has 0 saturated carbocycles. The van der Waals surface area contributed by atoms with E-state index in [9.17, 15) is 14.9 Å². The Balaban J connectivity index is 1.98. The summed E-state index contributed by atoms with van der Waals surface area (Å²) < 4.78 is 21.2. The van der Waals surface area contributed by atoms with Crippen LogP contribution in [0.2, 0.25) is 0 Å². The Hall–Kier alpha value is -3.49. The van der Waals surface area contributed by atoms with Crippen LogP contribution < -0.4 is 24.3 Å². The van der Waals surface area contributed by atoms with Crippen molar-refractivity contribution in [3.63, 3.8) is 0 Å². The van der Waals surface area contributed by atoms with Gasteiger partial charge in [-0.1, -0.05) is 0 Å². The van der Waals surface area contributed by atoms with Crippen LogP contribution in [-0.2, 0) is 0 Å². The van der Waals surface area contributed by atoms with Crippen molar-refractivity contribution in [2.24, 2.45) is 0 Å². The molecule has 27 heavy (non-hydrogen) atoms. The van der Waals surface area contributed by atoms with Gasteiger partial charge in [-0.3, -0.25) is 14.9 Å². The van der Waals surface area contributed by atoms with Gasteiger partial charge in [0.15, 0.2) is 23.0 Å². The van der Waals surface area contributed by atoms with Gasteiger partial charge in [0, 0.05) is 17.8 Å². The summed E-state index contributed by atoms with van der Waals surface area (Å²) in [6.07, 6.45) is 0. The molecule has 1 heterocycles. The normalized spacial score (nSPS) is 12.3. The van der Waals surface area contributed by atoms with E-state index in [-0.39, 0.29) is 17.0 Å². The summed E-state index contributed by atoms with van der Waals surface area (Å²) in [6, 6.07) is 5.81. The van der Waals surface area contributed by atoms with Gasteiger partial charge in [0.05, 0.1) is 25.2 Å². The van der Waals surface area contributed by atoms with Gasteiger partial charge in [-0.15, -0.1) is 0 Å². The van der Waals surface area contributed by atoms with Crippen molar-refractivity contribution in [1.29, 1.82) is 0 Å². The Kier molecular flexibility index (Phi) is 5.02. The second kappa shape index (κ2) is 7.40. The minimum atomic E-state index is -0.644. The minimum absolute atomic E-state index is 0.126. The first-order valence-electron chi connectivity index (χ1n) is 8.06. The van der Waals surface area contributed by atoms with Crippen molar-refractivity contribution >= 4 is 17.3 Å². The third kappa shape index (κ3) is 3.57. The van der Waals surface area contributed by atoms with E-state index in [4.69, 9.17) is 18.9 Å². The predicted octanol–water partition coefficient (Wildman–Crippen LogP) is 2.94. The monoisotopic (exact) mass is 374 g/mol. The van der Waals surface area contributed by atoms with Crippen LogP contribution in [0.25, 0.3) is 0 Å². The molecule has 3 rings (SSSR count). The Bertz CT molecular complexity index is 911. The van der Waals surface area contributed by atoms with Crippen molar-refractivity contribution in [1.82, 2.24) is 0 Å². The summed E-state index contributed by atoms with van der Waals surface area (Å²) in [5.74, 6) is 0.829. The molecule has 9 heteroatoms. The molecular weight excluding hydrogens is 356 g/mol. The molecule has 0 bridgehead atoms. The average Bonchev–Trinajstić information content (AvgIpc) is 2.67. The Morgan fingerprint density at radius 2 is 1.67 bits per heavy atom. The highest BCUT2D eigenvalue weighted by atomic mass is 16.6. The second-order valence-electron chi connectivity index (χ2n) is 5.75. The lowest BCUT2D eigenvalue weighted by atomic mass is 10.1. The molecule has 2 aromatic rings. The van der Waals surface area contributed by atoms with Crippen molar-refractivity contribution < 1.29 is 28.7 Å². The number of carbonyl (C=O) groups excluding carboxylic acids is 1. The number of aryl methyl sites for hydroxylation is 1. The average molecular weight is 374 g/mol. The van der Waals surface area contributed by atoms with E-state index in [0.717, 1.165) is 0 Å². The maximum atomic E-state index is 12.7. The van der Waals surface area contributed by atoms with Crippen molar-refractivity contribution in [2.75, 3.05) is 32.8 Å². The molecule has 0 radical (unpaired) electrons. The van der Waals surface area contributed by atoms with E-state index in [1.807, 2.05) is 0 Å². The molecule has 0 fully saturated rings. The number of hydrogen-bond donors (Lipinski definition) is 1. The zero-order valence-corrected chi connectivity index (χ0v) is 15.0. The van der Waals surface area contributed by atoms with Crippen LogP contribution >= 0.6 is 0 Å². The number of carbonyl (C=O) groups is 1. The highest BCUT2D eigenvalue weighted by Gasteiger charge is 2.27. The van der Waals surface area contributed by atoms with Crippen molar-refractivity contribution in [3.05, 3.63) is 45.5 Å². The second-order valence-corrected chi connectivity index (χ2v) is 5.75. The standard InChI is InChI=1S/C18H18N2O7/c1-10-6-14(24-2)15(25-3)8-12(10)19-18(21)11-7-16-17(27-5-4-26-16)9-13(11)20(22)23/h6-9H,4-5H2,1-3H3,(H,19,21). The van der Waals surface area contributed by atoms with Crippen LogP contribution in [0.15, 0.2) is 24.3 Å². The van der Waals surface area contributed by atoms with Gasteiger partial charge in [-0.05, 0) is 18.6 Å². The smallest absolute Gasteiger partial charge is 0.286 e. The van der Waals surface area contributed by atoms with Gasteiger partial charge in [0.2, 0.25) is 0 Å². The summed E-state index contributed by atoms with van der Waals surface area (Å²) in [6.45, 7) is 2.37. The van der Waals surface area contributed by atoms with Crippen LogP contribution in [0.1, 0.15) is 15.9 Å². The number of ether oxygens (including phenoxy) is 4. The van der Waals surface area contributed by atoms with Gasteiger partial charge in [0.1, 0.15) is 18.8 Å². The van der Waals surface area contributed by atoms with E-state index in [1.54, 1.807) is 19.1 Å². The van der Waals surface area contributed by atoms with Crippen molar-refractivity contribution in [3.8, 4) is 23.0 Å². The molecule has 0 aliphatic carbocycles. The zero-order valence-electron chi connectivity index (χ0n) is 15.0. The van der Waals surface area contributed by atoms with E-state index in [2.05, 4.69) is 5.32 Å². The van der Waals surface area contributed by atoms with E-state index >= 15 is 0 Å². The fraction of sp³-hybridized carbons (Fsp3) is 0.278. The number of nitro groups is 1. The van der Waals surface area contributed by atoms with E-state index in [0.29, 0.717) is 41.7 Å². The fourth-order valence-corrected chi connectivity index (χ4v) is 2.72. The number of fused-ring (bicyclic) bond motifs is 1. The number of nitrogens with one attached hydrogen (secondary N) is 1. The Morgan fingerprint density at radius 1 is 1.07 bits per heavy atom. The number of methoxy groups -OCH3 is 2. The molecule has 0 unspecified atom stereocenters. The molecule has 0 aromatic heterocycles. The number of amides is 1. The summed E-state index contributed by atoms with van der Waals surface area (Å²) in [5.41, 5.74) is 0.663. The molecule has 1 aliphatic heterocycles. The molecule has 1 amide bonds. The van der Waals surface area contributed by atoms with Gasteiger partial charge in [-0.2, -0.15) is 0 Å². The molecule has 2 aromatic carbocycles. The molecule has 142 valence electrons. The fourth-order valence-electron chi connectivity index (χ4n) is 2.72. The topological polar surface area (TPSA) is 109 Å². The first-order valence-corrected chi connectivity index (χ1v) is 8.06. The van der Waals surface area contributed by atoms with Crippen LogP contribution in [0.5, 0.6) is 23.0 Å². The summed E-state index contributed by atoms with van der Waals surface area (Å²) in [7, 11) is 2.98.